The summed E-state index contributed by atoms with van der Waals surface area (Å²) in [5.41, 5.74) is 0. The molecule has 5 heteroatoms. The Morgan fingerprint density at radius 2 is 1.62 bits per heavy atom. The van der Waals surface area contributed by atoms with Gasteiger partial charge in [-0.25, -0.2) is 0 Å². The van der Waals surface area contributed by atoms with E-state index in [9.17, 15) is 0 Å². The summed E-state index contributed by atoms with van der Waals surface area (Å²) in [6.45, 7) is 0. The largest absolute Gasteiger partial charge is 0.477 e. The second-order valence-corrected chi connectivity index (χ2v) is 6.97. The van der Waals surface area contributed by atoms with Crippen LogP contribution in [0.1, 0.15) is 0 Å². The average Bonchev–Trinajstić information content (AvgIpc) is 2.18. The van der Waals surface area contributed by atoms with E-state index in [-0.39, 0.29) is 0 Å². The van der Waals surface area contributed by atoms with E-state index in [0.29, 0.717) is 0 Å². The fourth-order valence-corrected chi connectivity index (χ4v) is 2.71. The number of halogens is 1. The fourth-order valence-electron chi connectivity index (χ4n) is 0.980. The predicted octanol–water partition coefficient (Wildman–Crippen LogP) is 1.65. The van der Waals surface area contributed by atoms with E-state index in [1.165, 1.54) is 0 Å². The molecule has 1 rings (SSSR count). The lowest BCUT2D eigenvalue weighted by atomic mass is 10.4. The molecule has 0 aliphatic rings. The molecule has 1 aromatic rings. The molecular formula is C8H11ClO2SSi. The van der Waals surface area contributed by atoms with Crippen molar-refractivity contribution in [3.63, 3.8) is 0 Å². The lowest BCUT2D eigenvalue weighted by molar-refractivity contribution is 0.281. The van der Waals surface area contributed by atoms with Crippen molar-refractivity contribution in [2.24, 2.45) is 0 Å². The molecule has 0 saturated heterocycles. The SMILES string of the molecule is CO[Si](Cl)(OC)c1ccc(S)cc1. The topological polar surface area (TPSA) is 18.5 Å². The lowest BCUT2D eigenvalue weighted by Gasteiger charge is -2.19. The van der Waals surface area contributed by atoms with E-state index < -0.39 is 7.87 Å². The van der Waals surface area contributed by atoms with Crippen LogP contribution in [-0.2, 0) is 8.85 Å². The van der Waals surface area contributed by atoms with Crippen molar-refractivity contribution in [3.05, 3.63) is 24.3 Å². The van der Waals surface area contributed by atoms with Crippen LogP contribution in [0.3, 0.4) is 0 Å². The van der Waals surface area contributed by atoms with Crippen LogP contribution in [-0.4, -0.2) is 22.1 Å². The molecule has 1 aromatic carbocycles. The maximum Gasteiger partial charge on any atom is 0.477 e. The van der Waals surface area contributed by atoms with Crippen molar-refractivity contribution in [1.82, 2.24) is 0 Å². The van der Waals surface area contributed by atoms with Crippen LogP contribution in [0, 0.1) is 0 Å². The van der Waals surface area contributed by atoms with Gasteiger partial charge in [0.25, 0.3) is 0 Å². The first-order valence-electron chi connectivity index (χ1n) is 3.71. The van der Waals surface area contributed by atoms with E-state index >= 15 is 0 Å². The van der Waals surface area contributed by atoms with Gasteiger partial charge >= 0.3 is 7.87 Å². The highest BCUT2D eigenvalue weighted by atomic mass is 35.6. The average molecular weight is 235 g/mol. The van der Waals surface area contributed by atoms with Gasteiger partial charge < -0.3 is 8.85 Å². The molecule has 0 aliphatic carbocycles. The Bertz CT molecular complexity index is 274. The molecule has 0 spiro atoms. The number of benzene rings is 1. The van der Waals surface area contributed by atoms with E-state index in [1.807, 2.05) is 24.3 Å². The standard InChI is InChI=1S/C8H11ClO2SSi/c1-10-13(9,11-2)8-5-3-7(12)4-6-8/h3-6,12H,1-2H3. The van der Waals surface area contributed by atoms with Gasteiger partial charge in [-0.15, -0.1) is 12.6 Å². The number of thiol groups is 1. The molecule has 0 aromatic heterocycles. The van der Waals surface area contributed by atoms with Crippen LogP contribution in [0.25, 0.3) is 0 Å². The molecule has 2 nitrogen and oxygen atoms in total. The van der Waals surface area contributed by atoms with Crippen LogP contribution >= 0.6 is 23.7 Å². The Balaban J connectivity index is 2.99. The quantitative estimate of drug-likeness (QED) is 0.487. The van der Waals surface area contributed by atoms with Gasteiger partial charge in [-0.05, 0) is 12.1 Å². The first kappa shape index (κ1) is 11.1. The van der Waals surface area contributed by atoms with Crippen LogP contribution in [0.5, 0.6) is 0 Å². The molecule has 0 heterocycles. The van der Waals surface area contributed by atoms with Crippen molar-refractivity contribution < 1.29 is 8.85 Å². The zero-order chi connectivity index (χ0) is 9.90. The summed E-state index contributed by atoms with van der Waals surface area (Å²) in [6, 6.07) is 7.46. The highest BCUT2D eigenvalue weighted by Gasteiger charge is 2.35. The Hall–Kier alpha value is -0.00312. The third-order valence-electron chi connectivity index (χ3n) is 1.74. The van der Waals surface area contributed by atoms with Gasteiger partial charge in [0.15, 0.2) is 0 Å². The monoisotopic (exact) mass is 234 g/mol. The Kier molecular flexibility index (Phi) is 3.82. The van der Waals surface area contributed by atoms with Crippen molar-refractivity contribution in [2.75, 3.05) is 14.2 Å². The molecule has 0 saturated carbocycles. The Morgan fingerprint density at radius 1 is 1.15 bits per heavy atom. The Labute approximate surface area is 89.2 Å². The molecule has 0 N–H and O–H groups in total. The van der Waals surface area contributed by atoms with E-state index in [4.69, 9.17) is 19.9 Å². The molecule has 0 radical (unpaired) electrons. The molecule has 0 bridgehead atoms. The number of rotatable bonds is 3. The first-order chi connectivity index (χ1) is 6.12. The van der Waals surface area contributed by atoms with E-state index in [2.05, 4.69) is 12.6 Å². The van der Waals surface area contributed by atoms with Crippen LogP contribution in [0.15, 0.2) is 29.2 Å². The lowest BCUT2D eigenvalue weighted by Crippen LogP contribution is -2.46. The fraction of sp³-hybridized carbons (Fsp3) is 0.250. The molecule has 72 valence electrons. The summed E-state index contributed by atoms with van der Waals surface area (Å²) >= 11 is 10.3. The minimum Gasteiger partial charge on any atom is -0.383 e. The zero-order valence-corrected chi connectivity index (χ0v) is 10.1. The zero-order valence-electron chi connectivity index (χ0n) is 7.45. The molecule has 0 fully saturated rings. The van der Waals surface area contributed by atoms with Crippen molar-refractivity contribution in [2.45, 2.75) is 4.90 Å². The second-order valence-electron chi connectivity index (χ2n) is 2.49. The minimum absolute atomic E-state index is 0.886. The smallest absolute Gasteiger partial charge is 0.383 e. The van der Waals surface area contributed by atoms with Gasteiger partial charge in [-0.2, -0.15) is 0 Å². The Morgan fingerprint density at radius 3 is 2.00 bits per heavy atom. The van der Waals surface area contributed by atoms with E-state index in [1.54, 1.807) is 14.2 Å². The van der Waals surface area contributed by atoms with Gasteiger partial charge in [0.2, 0.25) is 0 Å². The first-order valence-corrected chi connectivity index (χ1v) is 6.98. The predicted molar refractivity (Wildman–Crippen MR) is 59.0 cm³/mol. The van der Waals surface area contributed by atoms with Crippen molar-refractivity contribution in [1.29, 1.82) is 0 Å². The third-order valence-corrected chi connectivity index (χ3v) is 5.69. The summed E-state index contributed by atoms with van der Waals surface area (Å²) in [7, 11) is 0.448. The molecule has 0 aliphatic heterocycles. The van der Waals surface area contributed by atoms with Gasteiger partial charge in [-0.3, -0.25) is 0 Å². The van der Waals surface area contributed by atoms with Crippen LogP contribution < -0.4 is 5.19 Å². The molecule has 0 atom stereocenters. The van der Waals surface area contributed by atoms with Crippen LogP contribution in [0.4, 0.5) is 0 Å². The molecule has 13 heavy (non-hydrogen) atoms. The van der Waals surface area contributed by atoms with Crippen molar-refractivity contribution in [3.8, 4) is 0 Å². The normalized spacial score (nSPS) is 11.7. The van der Waals surface area contributed by atoms with Gasteiger partial charge in [-0.1, -0.05) is 23.2 Å². The van der Waals surface area contributed by atoms with Crippen LogP contribution in [0.2, 0.25) is 0 Å². The highest BCUT2D eigenvalue weighted by molar-refractivity contribution is 7.80. The maximum absolute atomic E-state index is 6.16. The van der Waals surface area contributed by atoms with Gasteiger partial charge in [0.05, 0.1) is 0 Å². The third kappa shape index (κ3) is 2.48. The minimum atomic E-state index is -2.66. The maximum atomic E-state index is 6.16. The van der Waals surface area contributed by atoms with E-state index in [0.717, 1.165) is 10.1 Å². The number of hydrogen-bond acceptors (Lipinski definition) is 3. The molecule has 0 unspecified atom stereocenters. The summed E-state index contributed by atoms with van der Waals surface area (Å²) in [6.07, 6.45) is 0. The van der Waals surface area contributed by atoms with Crippen molar-refractivity contribution >= 4 is 36.8 Å². The second kappa shape index (κ2) is 4.48. The molecular weight excluding hydrogens is 224 g/mol. The summed E-state index contributed by atoms with van der Waals surface area (Å²) in [5.74, 6) is 0. The molecule has 0 amide bonds. The number of hydrogen-bond donors (Lipinski definition) is 1. The highest BCUT2D eigenvalue weighted by Crippen LogP contribution is 2.12. The summed E-state index contributed by atoms with van der Waals surface area (Å²) in [4.78, 5) is 0.893. The summed E-state index contributed by atoms with van der Waals surface area (Å²) in [5, 5.41) is 0.886. The van der Waals surface area contributed by atoms with Gasteiger partial charge in [0, 0.05) is 24.3 Å². The van der Waals surface area contributed by atoms with Gasteiger partial charge in [0.1, 0.15) is 0 Å². The summed E-state index contributed by atoms with van der Waals surface area (Å²) < 4.78 is 10.3.